The molecule has 3 aromatic rings. The van der Waals surface area contributed by atoms with Crippen LogP contribution in [0.2, 0.25) is 0 Å². The molecule has 0 spiro atoms. The SMILES string of the molecule is C[C@H]1CC(Cn2c(Nc3ccc(SC(F)(F)F)cc3)nc3cc(Br)ccc32)CC(C)(C)C1. The van der Waals surface area contributed by atoms with E-state index in [-0.39, 0.29) is 16.7 Å². The van der Waals surface area contributed by atoms with E-state index in [9.17, 15) is 13.2 Å². The monoisotopic (exact) mass is 525 g/mol. The van der Waals surface area contributed by atoms with Gasteiger partial charge in [-0.3, -0.25) is 0 Å². The number of alkyl halides is 3. The maximum Gasteiger partial charge on any atom is 0.446 e. The number of imidazole rings is 1. The normalized spacial score (nSPS) is 21.1. The van der Waals surface area contributed by atoms with Crippen molar-refractivity contribution in [3.8, 4) is 0 Å². The molecule has 0 saturated heterocycles. The average Bonchev–Trinajstić information content (AvgIpc) is 2.96. The average molecular weight is 526 g/mol. The summed E-state index contributed by atoms with van der Waals surface area (Å²) < 4.78 is 41.1. The summed E-state index contributed by atoms with van der Waals surface area (Å²) in [7, 11) is 0. The van der Waals surface area contributed by atoms with Crippen LogP contribution in [-0.4, -0.2) is 15.1 Å². The van der Waals surface area contributed by atoms with Crippen LogP contribution < -0.4 is 5.32 Å². The summed E-state index contributed by atoms with van der Waals surface area (Å²) >= 11 is 3.42. The minimum atomic E-state index is -4.29. The van der Waals surface area contributed by atoms with Crippen LogP contribution in [0.3, 0.4) is 0 Å². The van der Waals surface area contributed by atoms with Gasteiger partial charge in [-0.15, -0.1) is 0 Å². The van der Waals surface area contributed by atoms with E-state index in [1.54, 1.807) is 12.1 Å². The molecule has 0 radical (unpaired) electrons. The van der Waals surface area contributed by atoms with Gasteiger partial charge in [0.05, 0.1) is 11.0 Å². The van der Waals surface area contributed by atoms with Gasteiger partial charge in [-0.2, -0.15) is 13.2 Å². The minimum Gasteiger partial charge on any atom is -0.326 e. The molecular formula is C24H27BrF3N3S. The first kappa shape index (κ1) is 23.5. The second-order valence-electron chi connectivity index (χ2n) is 9.66. The third-order valence-corrected chi connectivity index (χ3v) is 7.21. The van der Waals surface area contributed by atoms with Crippen molar-refractivity contribution in [1.82, 2.24) is 9.55 Å². The van der Waals surface area contributed by atoms with Crippen molar-refractivity contribution < 1.29 is 13.2 Å². The maximum atomic E-state index is 12.6. The Morgan fingerprint density at radius 3 is 2.53 bits per heavy atom. The largest absolute Gasteiger partial charge is 0.446 e. The Balaban J connectivity index is 1.62. The highest BCUT2D eigenvalue weighted by molar-refractivity contribution is 9.10. The Labute approximate surface area is 199 Å². The van der Waals surface area contributed by atoms with E-state index in [1.807, 2.05) is 12.1 Å². The molecule has 32 heavy (non-hydrogen) atoms. The Bertz CT molecular complexity index is 1090. The van der Waals surface area contributed by atoms with Crippen LogP contribution >= 0.6 is 27.7 Å². The van der Waals surface area contributed by atoms with Crippen molar-refractivity contribution in [3.63, 3.8) is 0 Å². The van der Waals surface area contributed by atoms with Gasteiger partial charge in [0.15, 0.2) is 0 Å². The lowest BCUT2D eigenvalue weighted by molar-refractivity contribution is -0.0328. The van der Waals surface area contributed by atoms with E-state index < -0.39 is 5.51 Å². The predicted octanol–water partition coefficient (Wildman–Crippen LogP) is 8.62. The summed E-state index contributed by atoms with van der Waals surface area (Å²) in [4.78, 5) is 4.97. The number of aromatic nitrogens is 2. The molecular weight excluding hydrogens is 499 g/mol. The summed E-state index contributed by atoms with van der Waals surface area (Å²) in [6, 6.07) is 12.4. The lowest BCUT2D eigenvalue weighted by Crippen LogP contribution is -2.30. The molecule has 0 bridgehead atoms. The van der Waals surface area contributed by atoms with Gasteiger partial charge in [-0.25, -0.2) is 4.98 Å². The van der Waals surface area contributed by atoms with Gasteiger partial charge < -0.3 is 9.88 Å². The zero-order valence-electron chi connectivity index (χ0n) is 18.3. The first-order valence-electron chi connectivity index (χ1n) is 10.8. The highest BCUT2D eigenvalue weighted by Crippen LogP contribution is 2.43. The van der Waals surface area contributed by atoms with E-state index >= 15 is 0 Å². The van der Waals surface area contributed by atoms with E-state index in [0.717, 1.165) is 28.5 Å². The fourth-order valence-corrected chi connectivity index (χ4v) is 6.08. The Morgan fingerprint density at radius 2 is 1.88 bits per heavy atom. The number of halogens is 4. The highest BCUT2D eigenvalue weighted by atomic mass is 79.9. The lowest BCUT2D eigenvalue weighted by Gasteiger charge is -2.39. The number of fused-ring (bicyclic) bond motifs is 1. The van der Waals surface area contributed by atoms with Crippen LogP contribution in [0.1, 0.15) is 40.0 Å². The topological polar surface area (TPSA) is 29.9 Å². The van der Waals surface area contributed by atoms with E-state index in [4.69, 9.17) is 4.98 Å². The predicted molar refractivity (Wildman–Crippen MR) is 129 cm³/mol. The number of nitrogens with one attached hydrogen (secondary N) is 1. The number of hydrogen-bond donors (Lipinski definition) is 1. The van der Waals surface area contributed by atoms with Crippen LogP contribution in [0, 0.1) is 17.3 Å². The molecule has 172 valence electrons. The molecule has 8 heteroatoms. The van der Waals surface area contributed by atoms with Crippen LogP contribution in [0.4, 0.5) is 24.8 Å². The van der Waals surface area contributed by atoms with Crippen LogP contribution in [0.15, 0.2) is 51.8 Å². The molecule has 1 fully saturated rings. The first-order valence-corrected chi connectivity index (χ1v) is 12.4. The number of benzene rings is 2. The van der Waals surface area contributed by atoms with Crippen LogP contribution in [0.25, 0.3) is 11.0 Å². The number of rotatable bonds is 5. The quantitative estimate of drug-likeness (QED) is 0.338. The highest BCUT2D eigenvalue weighted by Gasteiger charge is 2.33. The second kappa shape index (κ2) is 8.93. The molecule has 2 aromatic carbocycles. The molecule has 1 saturated carbocycles. The zero-order valence-corrected chi connectivity index (χ0v) is 20.7. The standard InChI is InChI=1S/C24H27BrF3N3S/c1-15-10-16(13-23(2,3)12-15)14-31-21-9-4-17(25)11-20(21)30-22(31)29-18-5-7-19(8-6-18)32-24(26,27)28/h4-9,11,15-16H,10,12-14H2,1-3H3,(H,29,30)/t15-,16?/m0/s1. The molecule has 1 heterocycles. The van der Waals surface area contributed by atoms with Crippen LogP contribution in [-0.2, 0) is 6.54 Å². The molecule has 1 aromatic heterocycles. The number of thioether (sulfide) groups is 1. The summed E-state index contributed by atoms with van der Waals surface area (Å²) in [6.45, 7) is 7.88. The fraction of sp³-hybridized carbons (Fsp3) is 0.458. The Kier molecular flexibility index (Phi) is 6.56. The van der Waals surface area contributed by atoms with Crippen LogP contribution in [0.5, 0.6) is 0 Å². The van der Waals surface area contributed by atoms with Gasteiger partial charge >= 0.3 is 5.51 Å². The van der Waals surface area contributed by atoms with Crippen molar-refractivity contribution in [2.75, 3.05) is 5.32 Å². The van der Waals surface area contributed by atoms with Gasteiger partial charge in [0.25, 0.3) is 0 Å². The molecule has 1 aliphatic carbocycles. The molecule has 3 nitrogen and oxygen atoms in total. The number of anilines is 2. The summed E-state index contributed by atoms with van der Waals surface area (Å²) in [6.07, 6.45) is 3.59. The molecule has 1 unspecified atom stereocenters. The van der Waals surface area contributed by atoms with Crippen molar-refractivity contribution in [1.29, 1.82) is 0 Å². The molecule has 1 N–H and O–H groups in total. The molecule has 4 rings (SSSR count). The second-order valence-corrected chi connectivity index (χ2v) is 11.7. The van der Waals surface area contributed by atoms with Crippen molar-refractivity contribution in [3.05, 3.63) is 46.9 Å². The molecule has 0 aliphatic heterocycles. The van der Waals surface area contributed by atoms with Gasteiger partial charge in [0.2, 0.25) is 5.95 Å². The molecule has 1 aliphatic rings. The Hall–Kier alpha value is -1.67. The van der Waals surface area contributed by atoms with Gasteiger partial charge in [-0.1, -0.05) is 36.7 Å². The lowest BCUT2D eigenvalue weighted by atomic mass is 9.68. The maximum absolute atomic E-state index is 12.6. The Morgan fingerprint density at radius 1 is 1.16 bits per heavy atom. The minimum absolute atomic E-state index is 0.106. The van der Waals surface area contributed by atoms with E-state index in [1.165, 1.54) is 25.0 Å². The van der Waals surface area contributed by atoms with Gasteiger partial charge in [-0.05, 0) is 90.7 Å². The number of nitrogens with zero attached hydrogens (tertiary/aromatic N) is 2. The van der Waals surface area contributed by atoms with Crippen molar-refractivity contribution >= 4 is 50.4 Å². The third-order valence-electron chi connectivity index (χ3n) is 5.97. The van der Waals surface area contributed by atoms with Crippen molar-refractivity contribution in [2.24, 2.45) is 17.3 Å². The van der Waals surface area contributed by atoms with E-state index in [2.05, 4.69) is 52.7 Å². The van der Waals surface area contributed by atoms with Gasteiger partial charge in [0, 0.05) is 21.6 Å². The molecule has 2 atom stereocenters. The zero-order chi connectivity index (χ0) is 23.1. The van der Waals surface area contributed by atoms with Gasteiger partial charge in [0.1, 0.15) is 0 Å². The van der Waals surface area contributed by atoms with Crippen molar-refractivity contribution in [2.45, 2.75) is 57.0 Å². The summed E-state index contributed by atoms with van der Waals surface area (Å²) in [5, 5.41) is 3.34. The number of hydrogen-bond acceptors (Lipinski definition) is 3. The summed E-state index contributed by atoms with van der Waals surface area (Å²) in [5.41, 5.74) is -1.32. The first-order chi connectivity index (χ1) is 15.0. The summed E-state index contributed by atoms with van der Waals surface area (Å²) in [5.74, 6) is 1.94. The smallest absolute Gasteiger partial charge is 0.326 e. The third kappa shape index (κ3) is 5.81. The fourth-order valence-electron chi connectivity index (χ4n) is 5.19. The van der Waals surface area contributed by atoms with E-state index in [0.29, 0.717) is 28.9 Å². The molecule has 0 amide bonds.